The molecule has 2 rings (SSSR count). The van der Waals surface area contributed by atoms with Crippen molar-refractivity contribution in [2.75, 3.05) is 0 Å². The van der Waals surface area contributed by atoms with Crippen LogP contribution in [0.25, 0.3) is 0 Å². The van der Waals surface area contributed by atoms with Crippen LogP contribution >= 0.6 is 0 Å². The SMILES string of the molecule is CCC(C(N)c1ccccc1)S(=O)(=O)c1ccccc1C. The fraction of sp³-hybridized carbons (Fsp3) is 0.294. The molecule has 0 radical (unpaired) electrons. The van der Waals surface area contributed by atoms with Gasteiger partial charge in [0.1, 0.15) is 0 Å². The van der Waals surface area contributed by atoms with E-state index in [4.69, 9.17) is 5.73 Å². The molecule has 0 saturated heterocycles. The van der Waals surface area contributed by atoms with E-state index in [0.29, 0.717) is 11.3 Å². The predicted octanol–water partition coefficient (Wildman–Crippen LogP) is 3.25. The standard InChI is InChI=1S/C17H21NO2S/c1-3-15(17(18)14-10-5-4-6-11-14)21(19,20)16-12-8-7-9-13(16)2/h4-12,15,17H,3,18H2,1-2H3. The molecule has 0 aliphatic carbocycles. The van der Waals surface area contributed by atoms with Crippen molar-refractivity contribution >= 4 is 9.84 Å². The number of nitrogens with two attached hydrogens (primary N) is 1. The minimum atomic E-state index is -3.45. The molecule has 2 N–H and O–H groups in total. The van der Waals surface area contributed by atoms with Gasteiger partial charge in [0.2, 0.25) is 0 Å². The van der Waals surface area contributed by atoms with E-state index in [1.54, 1.807) is 12.1 Å². The lowest BCUT2D eigenvalue weighted by Crippen LogP contribution is -2.33. The molecule has 0 aliphatic heterocycles. The fourth-order valence-corrected chi connectivity index (χ4v) is 4.69. The molecule has 0 aliphatic rings. The second kappa shape index (κ2) is 6.41. The first-order chi connectivity index (χ1) is 9.98. The van der Waals surface area contributed by atoms with Gasteiger partial charge < -0.3 is 5.73 Å². The summed E-state index contributed by atoms with van der Waals surface area (Å²) in [5.74, 6) is 0. The van der Waals surface area contributed by atoms with Crippen LogP contribution in [0.1, 0.15) is 30.5 Å². The van der Waals surface area contributed by atoms with Crippen molar-refractivity contribution in [2.45, 2.75) is 36.5 Å². The molecule has 0 aromatic heterocycles. The van der Waals surface area contributed by atoms with Crippen molar-refractivity contribution in [2.24, 2.45) is 5.73 Å². The van der Waals surface area contributed by atoms with Crippen molar-refractivity contribution in [1.82, 2.24) is 0 Å². The molecular weight excluding hydrogens is 282 g/mol. The van der Waals surface area contributed by atoms with Gasteiger partial charge in [-0.05, 0) is 30.5 Å². The average molecular weight is 303 g/mol. The molecule has 21 heavy (non-hydrogen) atoms. The molecule has 0 bridgehead atoms. The summed E-state index contributed by atoms with van der Waals surface area (Å²) in [7, 11) is -3.45. The van der Waals surface area contributed by atoms with Gasteiger partial charge in [-0.1, -0.05) is 55.5 Å². The van der Waals surface area contributed by atoms with Crippen molar-refractivity contribution < 1.29 is 8.42 Å². The molecule has 0 fully saturated rings. The first kappa shape index (κ1) is 15.7. The number of sulfone groups is 1. The minimum Gasteiger partial charge on any atom is -0.323 e. The zero-order valence-corrected chi connectivity index (χ0v) is 13.2. The molecule has 0 saturated carbocycles. The van der Waals surface area contributed by atoms with Crippen LogP contribution in [0.2, 0.25) is 0 Å². The van der Waals surface area contributed by atoms with Gasteiger partial charge in [0.05, 0.1) is 10.1 Å². The van der Waals surface area contributed by atoms with Crippen molar-refractivity contribution in [1.29, 1.82) is 0 Å². The molecule has 4 heteroatoms. The second-order valence-electron chi connectivity index (χ2n) is 5.19. The molecule has 0 amide bonds. The molecule has 2 atom stereocenters. The molecule has 2 aromatic rings. The third-order valence-electron chi connectivity index (χ3n) is 3.79. The van der Waals surface area contributed by atoms with Crippen LogP contribution in [0, 0.1) is 6.92 Å². The molecule has 0 heterocycles. The van der Waals surface area contributed by atoms with Crippen molar-refractivity contribution in [3.8, 4) is 0 Å². The van der Waals surface area contributed by atoms with Gasteiger partial charge in [0.15, 0.2) is 9.84 Å². The Morgan fingerprint density at radius 2 is 1.57 bits per heavy atom. The van der Waals surface area contributed by atoms with E-state index < -0.39 is 21.1 Å². The molecule has 112 valence electrons. The largest absolute Gasteiger partial charge is 0.323 e. The Bertz CT molecular complexity index is 696. The topological polar surface area (TPSA) is 60.2 Å². The monoisotopic (exact) mass is 303 g/mol. The molecule has 3 nitrogen and oxygen atoms in total. The predicted molar refractivity (Wildman–Crippen MR) is 85.8 cm³/mol. The Hall–Kier alpha value is -1.65. The Morgan fingerprint density at radius 1 is 1.00 bits per heavy atom. The van der Waals surface area contributed by atoms with Crippen LogP contribution in [0.4, 0.5) is 0 Å². The number of rotatable bonds is 5. The van der Waals surface area contributed by atoms with Gasteiger partial charge >= 0.3 is 0 Å². The zero-order valence-electron chi connectivity index (χ0n) is 12.4. The van der Waals surface area contributed by atoms with E-state index in [1.807, 2.05) is 56.3 Å². The van der Waals surface area contributed by atoms with E-state index in [9.17, 15) is 8.42 Å². The maximum atomic E-state index is 12.9. The van der Waals surface area contributed by atoms with Crippen molar-refractivity contribution in [3.05, 3.63) is 65.7 Å². The quantitative estimate of drug-likeness (QED) is 0.922. The first-order valence-electron chi connectivity index (χ1n) is 7.08. The van der Waals surface area contributed by atoms with E-state index in [1.165, 1.54) is 0 Å². The Morgan fingerprint density at radius 3 is 2.14 bits per heavy atom. The van der Waals surface area contributed by atoms with E-state index >= 15 is 0 Å². The smallest absolute Gasteiger partial charge is 0.183 e. The Labute approximate surface area is 126 Å². The molecular formula is C17H21NO2S. The molecule has 2 aromatic carbocycles. The van der Waals surface area contributed by atoms with E-state index in [2.05, 4.69) is 0 Å². The lowest BCUT2D eigenvalue weighted by Gasteiger charge is -2.24. The van der Waals surface area contributed by atoms with Crippen LogP contribution in [-0.2, 0) is 9.84 Å². The summed E-state index contributed by atoms with van der Waals surface area (Å²) in [5.41, 5.74) is 7.85. The summed E-state index contributed by atoms with van der Waals surface area (Å²) in [5, 5.41) is -0.624. The zero-order chi connectivity index (χ0) is 15.5. The highest BCUT2D eigenvalue weighted by atomic mass is 32.2. The third kappa shape index (κ3) is 3.17. The Balaban J connectivity index is 2.44. The van der Waals surface area contributed by atoms with Gasteiger partial charge in [0, 0.05) is 6.04 Å². The summed E-state index contributed by atoms with van der Waals surface area (Å²) < 4.78 is 25.8. The number of aryl methyl sites for hydroxylation is 1. The highest BCUT2D eigenvalue weighted by Crippen LogP contribution is 2.29. The number of hydrogen-bond acceptors (Lipinski definition) is 3. The fourth-order valence-electron chi connectivity index (χ4n) is 2.60. The Kier molecular flexibility index (Phi) is 4.80. The van der Waals surface area contributed by atoms with Gasteiger partial charge in [-0.15, -0.1) is 0 Å². The highest BCUT2D eigenvalue weighted by Gasteiger charge is 2.32. The van der Waals surface area contributed by atoms with Crippen molar-refractivity contribution in [3.63, 3.8) is 0 Å². The normalized spacial score (nSPS) is 14.6. The average Bonchev–Trinajstić information content (AvgIpc) is 2.48. The third-order valence-corrected chi connectivity index (χ3v) is 6.28. The maximum absolute atomic E-state index is 12.9. The van der Waals surface area contributed by atoms with Gasteiger partial charge in [-0.2, -0.15) is 0 Å². The van der Waals surface area contributed by atoms with Gasteiger partial charge in [-0.25, -0.2) is 8.42 Å². The lowest BCUT2D eigenvalue weighted by molar-refractivity contribution is 0.547. The first-order valence-corrected chi connectivity index (χ1v) is 8.63. The summed E-state index contributed by atoms with van der Waals surface area (Å²) in [6.45, 7) is 3.68. The molecule has 2 unspecified atom stereocenters. The van der Waals surface area contributed by atoms with E-state index in [-0.39, 0.29) is 0 Å². The van der Waals surface area contributed by atoms with Crippen LogP contribution in [0.3, 0.4) is 0 Å². The van der Waals surface area contributed by atoms with Crippen LogP contribution in [-0.4, -0.2) is 13.7 Å². The summed E-state index contributed by atoms with van der Waals surface area (Å²) in [4.78, 5) is 0.378. The van der Waals surface area contributed by atoms with Crippen LogP contribution in [0.5, 0.6) is 0 Å². The minimum absolute atomic E-state index is 0.378. The van der Waals surface area contributed by atoms with Gasteiger partial charge in [0.25, 0.3) is 0 Å². The number of hydrogen-bond donors (Lipinski definition) is 1. The summed E-state index contributed by atoms with van der Waals surface area (Å²) in [6.07, 6.45) is 0.479. The maximum Gasteiger partial charge on any atom is 0.183 e. The van der Waals surface area contributed by atoms with Gasteiger partial charge in [-0.3, -0.25) is 0 Å². The summed E-state index contributed by atoms with van der Waals surface area (Å²) in [6, 6.07) is 15.9. The molecule has 0 spiro atoms. The van der Waals surface area contributed by atoms with Crippen LogP contribution in [0.15, 0.2) is 59.5 Å². The summed E-state index contributed by atoms with van der Waals surface area (Å²) >= 11 is 0. The second-order valence-corrected chi connectivity index (χ2v) is 7.33. The van der Waals surface area contributed by atoms with E-state index in [0.717, 1.165) is 11.1 Å². The van der Waals surface area contributed by atoms with Crippen LogP contribution < -0.4 is 5.73 Å². The number of benzene rings is 2. The lowest BCUT2D eigenvalue weighted by atomic mass is 10.0. The highest BCUT2D eigenvalue weighted by molar-refractivity contribution is 7.92.